The van der Waals surface area contributed by atoms with Crippen LogP contribution in [0.5, 0.6) is 0 Å². The number of thioether (sulfide) groups is 1. The number of rotatable bonds is 3. The predicted octanol–water partition coefficient (Wildman–Crippen LogP) is 2.08. The first-order valence-electron chi connectivity index (χ1n) is 9.71. The topological polar surface area (TPSA) is 43.9 Å². The number of piperidine rings is 1. The predicted molar refractivity (Wildman–Crippen MR) is 105 cm³/mol. The molecule has 3 heterocycles. The highest BCUT2D eigenvalue weighted by Crippen LogP contribution is 2.28. The summed E-state index contributed by atoms with van der Waals surface area (Å²) < 4.78 is 0. The zero-order chi connectivity index (χ0) is 17.9. The fourth-order valence-electron chi connectivity index (χ4n) is 4.39. The molecule has 3 saturated heterocycles. The van der Waals surface area contributed by atoms with Crippen molar-refractivity contribution in [2.45, 2.75) is 25.3 Å². The van der Waals surface area contributed by atoms with E-state index in [-0.39, 0.29) is 11.8 Å². The first-order valence-corrected chi connectivity index (χ1v) is 10.9. The second kappa shape index (κ2) is 8.01. The summed E-state index contributed by atoms with van der Waals surface area (Å²) in [5, 5.41) is 0. The van der Waals surface area contributed by atoms with Gasteiger partial charge in [-0.1, -0.05) is 18.2 Å². The highest BCUT2D eigenvalue weighted by atomic mass is 32.2. The third-order valence-corrected chi connectivity index (χ3v) is 6.85. The normalized spacial score (nSPS) is 25.7. The van der Waals surface area contributed by atoms with Crippen LogP contribution in [0.15, 0.2) is 30.3 Å². The molecule has 0 aromatic heterocycles. The molecular weight excluding hydrogens is 346 g/mol. The van der Waals surface area contributed by atoms with E-state index in [9.17, 15) is 9.59 Å². The Morgan fingerprint density at radius 2 is 1.62 bits per heavy atom. The van der Waals surface area contributed by atoms with Crippen LogP contribution < -0.4 is 4.90 Å². The standard InChI is InChI=1S/C20H27N3O2S/c24-19(18-8-11-23(20(18)25)17-4-2-1-3-5-17)22-9-6-16(7-10-22)21-12-14-26-15-13-21/h1-5,16,18H,6-15H2. The van der Waals surface area contributed by atoms with E-state index in [4.69, 9.17) is 0 Å². The maximum absolute atomic E-state index is 12.9. The van der Waals surface area contributed by atoms with Crippen molar-refractivity contribution in [1.29, 1.82) is 0 Å². The third-order valence-electron chi connectivity index (χ3n) is 5.91. The lowest BCUT2D eigenvalue weighted by Crippen LogP contribution is -2.50. The molecular formula is C20H27N3O2S. The summed E-state index contributed by atoms with van der Waals surface area (Å²) in [6.07, 6.45) is 2.72. The van der Waals surface area contributed by atoms with E-state index in [1.807, 2.05) is 47.0 Å². The molecule has 4 rings (SSSR count). The van der Waals surface area contributed by atoms with E-state index in [0.717, 1.165) is 31.6 Å². The summed E-state index contributed by atoms with van der Waals surface area (Å²) >= 11 is 2.04. The van der Waals surface area contributed by atoms with Crippen molar-refractivity contribution in [1.82, 2.24) is 9.80 Å². The molecule has 6 heteroatoms. The van der Waals surface area contributed by atoms with E-state index < -0.39 is 5.92 Å². The van der Waals surface area contributed by atoms with Gasteiger partial charge in [0, 0.05) is 56.0 Å². The fourth-order valence-corrected chi connectivity index (χ4v) is 5.32. The molecule has 3 fully saturated rings. The van der Waals surface area contributed by atoms with Gasteiger partial charge in [-0.2, -0.15) is 11.8 Å². The van der Waals surface area contributed by atoms with Crippen LogP contribution in [-0.4, -0.2) is 71.9 Å². The Morgan fingerprint density at radius 1 is 0.923 bits per heavy atom. The Hall–Kier alpha value is -1.53. The van der Waals surface area contributed by atoms with Crippen molar-refractivity contribution < 1.29 is 9.59 Å². The number of carbonyl (C=O) groups is 2. The van der Waals surface area contributed by atoms with Gasteiger partial charge in [-0.25, -0.2) is 0 Å². The summed E-state index contributed by atoms with van der Waals surface area (Å²) in [6.45, 7) is 4.58. The molecule has 0 saturated carbocycles. The summed E-state index contributed by atoms with van der Waals surface area (Å²) in [5.41, 5.74) is 0.898. The number of likely N-dealkylation sites (tertiary alicyclic amines) is 1. The molecule has 5 nitrogen and oxygen atoms in total. The van der Waals surface area contributed by atoms with Crippen LogP contribution in [0, 0.1) is 5.92 Å². The first kappa shape index (κ1) is 17.9. The van der Waals surface area contributed by atoms with Crippen LogP contribution in [0.1, 0.15) is 19.3 Å². The zero-order valence-corrected chi connectivity index (χ0v) is 16.0. The summed E-state index contributed by atoms with van der Waals surface area (Å²) in [7, 11) is 0. The van der Waals surface area contributed by atoms with Crippen LogP contribution in [0.25, 0.3) is 0 Å². The second-order valence-electron chi connectivity index (χ2n) is 7.37. The minimum Gasteiger partial charge on any atom is -0.342 e. The van der Waals surface area contributed by atoms with Gasteiger partial charge in [0.15, 0.2) is 0 Å². The van der Waals surface area contributed by atoms with E-state index in [1.165, 1.54) is 24.6 Å². The highest BCUT2D eigenvalue weighted by molar-refractivity contribution is 7.99. The van der Waals surface area contributed by atoms with E-state index in [0.29, 0.717) is 19.0 Å². The molecule has 1 aromatic rings. The zero-order valence-electron chi connectivity index (χ0n) is 15.2. The van der Waals surface area contributed by atoms with Gasteiger partial charge in [0.05, 0.1) is 0 Å². The Balaban J connectivity index is 1.33. The first-order chi connectivity index (χ1) is 12.7. The monoisotopic (exact) mass is 373 g/mol. The van der Waals surface area contributed by atoms with Crippen molar-refractivity contribution in [3.8, 4) is 0 Å². The number of anilines is 1. The van der Waals surface area contributed by atoms with E-state index in [1.54, 1.807) is 4.90 Å². The van der Waals surface area contributed by atoms with Gasteiger partial charge in [0.2, 0.25) is 11.8 Å². The average molecular weight is 374 g/mol. The summed E-state index contributed by atoms with van der Waals surface area (Å²) in [6, 6.07) is 10.3. The minimum absolute atomic E-state index is 0.0311. The van der Waals surface area contributed by atoms with Crippen molar-refractivity contribution in [3.63, 3.8) is 0 Å². The maximum atomic E-state index is 12.9. The highest BCUT2D eigenvalue weighted by Gasteiger charge is 2.40. The number of benzene rings is 1. The molecule has 1 unspecified atom stereocenters. The lowest BCUT2D eigenvalue weighted by Gasteiger charge is -2.40. The van der Waals surface area contributed by atoms with Crippen LogP contribution in [0.4, 0.5) is 5.69 Å². The van der Waals surface area contributed by atoms with E-state index >= 15 is 0 Å². The van der Waals surface area contributed by atoms with Crippen LogP contribution in [0.3, 0.4) is 0 Å². The molecule has 1 atom stereocenters. The molecule has 0 N–H and O–H groups in total. The van der Waals surface area contributed by atoms with Crippen molar-refractivity contribution >= 4 is 29.3 Å². The molecule has 0 radical (unpaired) electrons. The SMILES string of the molecule is O=C(C1CCN(c2ccccc2)C1=O)N1CCC(N2CCSCC2)CC1. The Kier molecular flexibility index (Phi) is 5.50. The molecule has 0 bridgehead atoms. The quantitative estimate of drug-likeness (QED) is 0.761. The van der Waals surface area contributed by atoms with Crippen LogP contribution in [-0.2, 0) is 9.59 Å². The lowest BCUT2D eigenvalue weighted by atomic mass is 10.00. The number of hydrogen-bond donors (Lipinski definition) is 0. The number of amides is 2. The molecule has 3 aliphatic rings. The Labute approximate surface area is 159 Å². The van der Waals surface area contributed by atoms with Gasteiger partial charge in [-0.15, -0.1) is 0 Å². The summed E-state index contributed by atoms with van der Waals surface area (Å²) in [5.74, 6) is 1.98. The molecule has 26 heavy (non-hydrogen) atoms. The second-order valence-corrected chi connectivity index (χ2v) is 8.60. The van der Waals surface area contributed by atoms with Crippen LogP contribution >= 0.6 is 11.8 Å². The minimum atomic E-state index is -0.488. The fraction of sp³-hybridized carbons (Fsp3) is 0.600. The van der Waals surface area contributed by atoms with Gasteiger partial charge in [0.1, 0.15) is 5.92 Å². The average Bonchev–Trinajstić information content (AvgIpc) is 3.10. The number of para-hydroxylation sites is 1. The molecule has 2 amide bonds. The van der Waals surface area contributed by atoms with Gasteiger partial charge >= 0.3 is 0 Å². The molecule has 0 spiro atoms. The Bertz CT molecular complexity index is 640. The lowest BCUT2D eigenvalue weighted by molar-refractivity contribution is -0.141. The van der Waals surface area contributed by atoms with Crippen molar-refractivity contribution in [2.75, 3.05) is 49.1 Å². The summed E-state index contributed by atoms with van der Waals surface area (Å²) in [4.78, 5) is 32.0. The third kappa shape index (κ3) is 3.62. The largest absolute Gasteiger partial charge is 0.342 e. The van der Waals surface area contributed by atoms with Gasteiger partial charge in [-0.3, -0.25) is 14.5 Å². The van der Waals surface area contributed by atoms with E-state index in [2.05, 4.69) is 4.90 Å². The van der Waals surface area contributed by atoms with Crippen molar-refractivity contribution in [3.05, 3.63) is 30.3 Å². The molecule has 1 aromatic carbocycles. The number of carbonyl (C=O) groups excluding carboxylic acids is 2. The Morgan fingerprint density at radius 3 is 2.31 bits per heavy atom. The van der Waals surface area contributed by atoms with Crippen LogP contribution in [0.2, 0.25) is 0 Å². The van der Waals surface area contributed by atoms with Crippen molar-refractivity contribution in [2.24, 2.45) is 5.92 Å². The smallest absolute Gasteiger partial charge is 0.239 e. The number of nitrogens with zero attached hydrogens (tertiary/aromatic N) is 3. The van der Waals surface area contributed by atoms with Gasteiger partial charge < -0.3 is 9.80 Å². The van der Waals surface area contributed by atoms with Gasteiger partial charge in [-0.05, 0) is 31.4 Å². The molecule has 140 valence electrons. The van der Waals surface area contributed by atoms with Gasteiger partial charge in [0.25, 0.3) is 0 Å². The molecule has 3 aliphatic heterocycles. The molecule has 0 aliphatic carbocycles. The maximum Gasteiger partial charge on any atom is 0.239 e. The number of hydrogen-bond acceptors (Lipinski definition) is 4.